The van der Waals surface area contributed by atoms with Gasteiger partial charge in [0.05, 0.1) is 12.1 Å². The summed E-state index contributed by atoms with van der Waals surface area (Å²) >= 11 is 1.52. The van der Waals surface area contributed by atoms with Crippen LogP contribution in [0.3, 0.4) is 0 Å². The lowest BCUT2D eigenvalue weighted by atomic mass is 10.1. The number of amides is 1. The van der Waals surface area contributed by atoms with Gasteiger partial charge in [0.1, 0.15) is 10.8 Å². The van der Waals surface area contributed by atoms with Gasteiger partial charge in [0.25, 0.3) is 5.91 Å². The molecule has 1 heterocycles. The second-order valence-electron chi connectivity index (χ2n) is 5.07. The van der Waals surface area contributed by atoms with Crippen molar-refractivity contribution >= 4 is 17.2 Å². The number of carbonyl (C=O) groups excluding carboxylic acids is 1. The summed E-state index contributed by atoms with van der Waals surface area (Å²) < 4.78 is 13.9. The Labute approximate surface area is 121 Å². The Kier molecular flexibility index (Phi) is 3.53. The molecule has 1 aromatic heterocycles. The van der Waals surface area contributed by atoms with Gasteiger partial charge in [-0.3, -0.25) is 4.79 Å². The summed E-state index contributed by atoms with van der Waals surface area (Å²) in [4.78, 5) is 18.5. The van der Waals surface area contributed by atoms with Crippen LogP contribution in [0.15, 0.2) is 29.8 Å². The molecule has 104 valence electrons. The molecule has 0 unspecified atom stereocenters. The molecule has 1 aliphatic rings. The maximum atomic E-state index is 13.9. The standard InChI is InChI=1S/C15H15FN2OS/c1-10-2-5-13(16)12(8-10)15(19)18(11-3-4-11)9-14-17-6-7-20-14/h2,5-8,11H,3-4,9H2,1H3. The van der Waals surface area contributed by atoms with Gasteiger partial charge < -0.3 is 4.90 Å². The lowest BCUT2D eigenvalue weighted by molar-refractivity contribution is 0.0725. The first kappa shape index (κ1) is 13.2. The first-order valence-corrected chi connectivity index (χ1v) is 7.48. The van der Waals surface area contributed by atoms with Crippen molar-refractivity contribution in [1.82, 2.24) is 9.88 Å². The van der Waals surface area contributed by atoms with E-state index in [0.29, 0.717) is 6.54 Å². The predicted octanol–water partition coefficient (Wildman–Crippen LogP) is 3.40. The van der Waals surface area contributed by atoms with Gasteiger partial charge in [-0.25, -0.2) is 9.37 Å². The average molecular weight is 290 g/mol. The molecule has 0 radical (unpaired) electrons. The van der Waals surface area contributed by atoms with Crippen molar-refractivity contribution in [3.8, 4) is 0 Å². The highest BCUT2D eigenvalue weighted by Gasteiger charge is 2.34. The number of carbonyl (C=O) groups is 1. The smallest absolute Gasteiger partial charge is 0.257 e. The van der Waals surface area contributed by atoms with Gasteiger partial charge in [-0.1, -0.05) is 11.6 Å². The number of hydrogen-bond acceptors (Lipinski definition) is 3. The second-order valence-corrected chi connectivity index (χ2v) is 6.05. The Morgan fingerprint density at radius 1 is 1.50 bits per heavy atom. The Balaban J connectivity index is 1.87. The second kappa shape index (κ2) is 5.32. The molecule has 3 rings (SSSR count). The van der Waals surface area contributed by atoms with Crippen LogP contribution in [-0.2, 0) is 6.54 Å². The first-order chi connectivity index (χ1) is 9.65. The van der Waals surface area contributed by atoms with E-state index in [-0.39, 0.29) is 17.5 Å². The van der Waals surface area contributed by atoms with E-state index in [1.807, 2.05) is 12.3 Å². The third-order valence-corrected chi connectivity index (χ3v) is 4.15. The minimum Gasteiger partial charge on any atom is -0.329 e. The molecule has 0 aliphatic heterocycles. The summed E-state index contributed by atoms with van der Waals surface area (Å²) in [6, 6.07) is 4.88. The normalized spacial score (nSPS) is 14.3. The quantitative estimate of drug-likeness (QED) is 0.864. The molecule has 0 atom stereocenters. The van der Waals surface area contributed by atoms with Crippen molar-refractivity contribution in [3.05, 3.63) is 51.7 Å². The molecule has 1 aliphatic carbocycles. The fraction of sp³-hybridized carbons (Fsp3) is 0.333. The van der Waals surface area contributed by atoms with Crippen molar-refractivity contribution < 1.29 is 9.18 Å². The Morgan fingerprint density at radius 2 is 2.30 bits per heavy atom. The van der Waals surface area contributed by atoms with E-state index in [1.54, 1.807) is 23.2 Å². The molecule has 5 heteroatoms. The number of halogens is 1. The fourth-order valence-corrected chi connectivity index (χ4v) is 2.80. The van der Waals surface area contributed by atoms with E-state index >= 15 is 0 Å². The van der Waals surface area contributed by atoms with Gasteiger partial charge in [-0.05, 0) is 31.9 Å². The highest BCUT2D eigenvalue weighted by atomic mass is 32.1. The SMILES string of the molecule is Cc1ccc(F)c(C(=O)N(Cc2nccs2)C2CC2)c1. The van der Waals surface area contributed by atoms with E-state index in [2.05, 4.69) is 4.98 Å². The van der Waals surface area contributed by atoms with Crippen LogP contribution in [-0.4, -0.2) is 21.8 Å². The third kappa shape index (κ3) is 2.72. The Bertz CT molecular complexity index is 623. The molecular formula is C15H15FN2OS. The fourth-order valence-electron chi connectivity index (χ4n) is 2.19. The number of hydrogen-bond donors (Lipinski definition) is 0. The summed E-state index contributed by atoms with van der Waals surface area (Å²) in [6.07, 6.45) is 3.71. The molecule has 1 saturated carbocycles. The number of nitrogens with zero attached hydrogens (tertiary/aromatic N) is 2. The van der Waals surface area contributed by atoms with E-state index in [1.165, 1.54) is 17.4 Å². The maximum absolute atomic E-state index is 13.9. The minimum atomic E-state index is -0.453. The van der Waals surface area contributed by atoms with E-state index in [9.17, 15) is 9.18 Å². The summed E-state index contributed by atoms with van der Waals surface area (Å²) in [7, 11) is 0. The molecule has 1 fully saturated rings. The Hall–Kier alpha value is -1.75. The largest absolute Gasteiger partial charge is 0.329 e. The van der Waals surface area contributed by atoms with Gasteiger partial charge in [0.2, 0.25) is 0 Å². The van der Waals surface area contributed by atoms with Gasteiger partial charge in [-0.15, -0.1) is 11.3 Å². The Morgan fingerprint density at radius 3 is 2.95 bits per heavy atom. The molecule has 0 bridgehead atoms. The van der Waals surface area contributed by atoms with Gasteiger partial charge in [0.15, 0.2) is 0 Å². The topological polar surface area (TPSA) is 33.2 Å². The molecule has 1 amide bonds. The number of thiazole rings is 1. The van der Waals surface area contributed by atoms with Crippen LogP contribution in [0.2, 0.25) is 0 Å². The van der Waals surface area contributed by atoms with Crippen LogP contribution in [0.4, 0.5) is 4.39 Å². The zero-order valence-corrected chi connectivity index (χ0v) is 12.0. The minimum absolute atomic E-state index is 0.161. The van der Waals surface area contributed by atoms with Crippen LogP contribution in [0.1, 0.15) is 33.8 Å². The summed E-state index contributed by atoms with van der Waals surface area (Å²) in [5.41, 5.74) is 1.05. The van der Waals surface area contributed by atoms with E-state index in [4.69, 9.17) is 0 Å². The summed E-state index contributed by atoms with van der Waals surface area (Å²) in [5, 5.41) is 2.77. The van der Waals surface area contributed by atoms with Crippen LogP contribution in [0.25, 0.3) is 0 Å². The maximum Gasteiger partial charge on any atom is 0.257 e. The lowest BCUT2D eigenvalue weighted by Crippen LogP contribution is -2.33. The highest BCUT2D eigenvalue weighted by molar-refractivity contribution is 7.09. The molecule has 0 N–H and O–H groups in total. The zero-order chi connectivity index (χ0) is 14.1. The number of aryl methyl sites for hydroxylation is 1. The van der Waals surface area contributed by atoms with Crippen molar-refractivity contribution in [2.24, 2.45) is 0 Å². The summed E-state index contributed by atoms with van der Waals surface area (Å²) in [5.74, 6) is -0.686. The van der Waals surface area contributed by atoms with Crippen LogP contribution < -0.4 is 0 Å². The molecule has 0 saturated heterocycles. The average Bonchev–Trinajstić information content (AvgIpc) is 3.15. The monoisotopic (exact) mass is 290 g/mol. The molecule has 2 aromatic rings. The first-order valence-electron chi connectivity index (χ1n) is 6.60. The van der Waals surface area contributed by atoms with Crippen molar-refractivity contribution in [1.29, 1.82) is 0 Å². The number of rotatable bonds is 4. The molecular weight excluding hydrogens is 275 g/mol. The third-order valence-electron chi connectivity index (χ3n) is 3.39. The zero-order valence-electron chi connectivity index (χ0n) is 11.2. The van der Waals surface area contributed by atoms with Crippen molar-refractivity contribution in [2.45, 2.75) is 32.4 Å². The highest BCUT2D eigenvalue weighted by Crippen LogP contribution is 2.30. The molecule has 20 heavy (non-hydrogen) atoms. The van der Waals surface area contributed by atoms with Crippen LogP contribution in [0, 0.1) is 12.7 Å². The van der Waals surface area contributed by atoms with E-state index < -0.39 is 5.82 Å². The number of aromatic nitrogens is 1. The van der Waals surface area contributed by atoms with Crippen LogP contribution >= 0.6 is 11.3 Å². The van der Waals surface area contributed by atoms with Gasteiger partial charge in [0, 0.05) is 17.6 Å². The lowest BCUT2D eigenvalue weighted by Gasteiger charge is -2.21. The summed E-state index contributed by atoms with van der Waals surface area (Å²) in [6.45, 7) is 2.33. The van der Waals surface area contributed by atoms with E-state index in [0.717, 1.165) is 23.4 Å². The number of benzene rings is 1. The molecule has 1 aromatic carbocycles. The molecule has 0 spiro atoms. The van der Waals surface area contributed by atoms with Crippen LogP contribution in [0.5, 0.6) is 0 Å². The van der Waals surface area contributed by atoms with Crippen molar-refractivity contribution in [2.75, 3.05) is 0 Å². The van der Waals surface area contributed by atoms with Crippen molar-refractivity contribution in [3.63, 3.8) is 0 Å². The van der Waals surface area contributed by atoms with Gasteiger partial charge >= 0.3 is 0 Å². The van der Waals surface area contributed by atoms with Gasteiger partial charge in [-0.2, -0.15) is 0 Å². The predicted molar refractivity (Wildman–Crippen MR) is 76.1 cm³/mol. The molecule has 3 nitrogen and oxygen atoms in total.